The van der Waals surface area contributed by atoms with E-state index in [1.165, 1.54) is 25.8 Å². The zero-order chi connectivity index (χ0) is 9.10. The highest BCUT2D eigenvalue weighted by molar-refractivity contribution is 5.20. The zero-order valence-corrected chi connectivity index (χ0v) is 8.97. The van der Waals surface area contributed by atoms with E-state index in [4.69, 9.17) is 0 Å². The normalized spacial score (nSPS) is 48.0. The molecule has 1 heterocycles. The highest BCUT2D eigenvalue weighted by Gasteiger charge is 2.69. The number of hydrogen-bond donors (Lipinski definition) is 0. The van der Waals surface area contributed by atoms with Crippen LogP contribution in [-0.4, -0.2) is 24.5 Å². The van der Waals surface area contributed by atoms with Gasteiger partial charge in [0.2, 0.25) is 0 Å². The van der Waals surface area contributed by atoms with Crippen molar-refractivity contribution in [2.24, 2.45) is 10.8 Å². The van der Waals surface area contributed by atoms with Crippen molar-refractivity contribution in [2.45, 2.75) is 51.5 Å². The third-order valence-electron chi connectivity index (χ3n) is 5.23. The molecule has 2 atom stereocenters. The van der Waals surface area contributed by atoms with Gasteiger partial charge in [0, 0.05) is 12.6 Å². The number of likely N-dealkylation sites (tertiary alicyclic amines) is 1. The highest BCUT2D eigenvalue weighted by atomic mass is 15.2. The van der Waals surface area contributed by atoms with Crippen LogP contribution in [0.3, 0.4) is 0 Å². The number of fused-ring (bicyclic) bond motifs is 1. The zero-order valence-electron chi connectivity index (χ0n) is 8.97. The van der Waals surface area contributed by atoms with Gasteiger partial charge in [-0.25, -0.2) is 0 Å². The molecule has 0 radical (unpaired) electrons. The first-order chi connectivity index (χ1) is 6.18. The summed E-state index contributed by atoms with van der Waals surface area (Å²) in [5, 5.41) is 0. The van der Waals surface area contributed by atoms with E-state index in [9.17, 15) is 0 Å². The Balaban J connectivity index is 1.80. The van der Waals surface area contributed by atoms with Gasteiger partial charge in [-0.05, 0) is 50.5 Å². The molecule has 0 aromatic carbocycles. The van der Waals surface area contributed by atoms with Crippen LogP contribution in [0.15, 0.2) is 0 Å². The van der Waals surface area contributed by atoms with Gasteiger partial charge >= 0.3 is 0 Å². The Morgan fingerprint density at radius 3 is 2.38 bits per heavy atom. The van der Waals surface area contributed by atoms with Crippen LogP contribution in [0, 0.1) is 10.8 Å². The molecule has 2 spiro atoms. The Morgan fingerprint density at radius 1 is 1.15 bits per heavy atom. The van der Waals surface area contributed by atoms with Gasteiger partial charge in [0.15, 0.2) is 0 Å². The largest absolute Gasteiger partial charge is 0.303 e. The molecule has 2 unspecified atom stereocenters. The van der Waals surface area contributed by atoms with E-state index in [0.717, 1.165) is 16.9 Å². The lowest BCUT2D eigenvalue weighted by Gasteiger charge is -2.16. The molecule has 1 aliphatic heterocycles. The number of hydrogen-bond acceptors (Lipinski definition) is 1. The molecule has 0 bridgehead atoms. The molecule has 1 nitrogen and oxygen atoms in total. The number of nitrogens with zero attached hydrogens (tertiary/aromatic N) is 1. The topological polar surface area (TPSA) is 3.24 Å². The highest BCUT2D eigenvalue weighted by Crippen LogP contribution is 2.75. The van der Waals surface area contributed by atoms with Gasteiger partial charge in [-0.15, -0.1) is 0 Å². The molecular weight excluding hydrogens is 158 g/mol. The third kappa shape index (κ3) is 0.918. The van der Waals surface area contributed by atoms with Crippen LogP contribution in [0.1, 0.15) is 45.4 Å². The summed E-state index contributed by atoms with van der Waals surface area (Å²) in [7, 11) is 2.31. The van der Waals surface area contributed by atoms with Crippen LogP contribution in [0.25, 0.3) is 0 Å². The van der Waals surface area contributed by atoms with E-state index in [1.54, 1.807) is 19.3 Å². The van der Waals surface area contributed by atoms with Crippen molar-refractivity contribution < 1.29 is 0 Å². The maximum atomic E-state index is 2.58. The van der Waals surface area contributed by atoms with Crippen LogP contribution < -0.4 is 0 Å². The summed E-state index contributed by atoms with van der Waals surface area (Å²) in [5.74, 6) is 0. The van der Waals surface area contributed by atoms with E-state index >= 15 is 0 Å². The summed E-state index contributed by atoms with van der Waals surface area (Å²) < 4.78 is 0. The monoisotopic (exact) mass is 179 g/mol. The third-order valence-corrected chi connectivity index (χ3v) is 5.23. The average molecular weight is 179 g/mol. The molecule has 0 amide bonds. The molecule has 0 aromatic heterocycles. The molecule has 74 valence electrons. The van der Waals surface area contributed by atoms with Crippen molar-refractivity contribution in [3.8, 4) is 0 Å². The fourth-order valence-corrected chi connectivity index (χ4v) is 4.29. The van der Waals surface area contributed by atoms with E-state index in [1.807, 2.05) is 0 Å². The number of rotatable bonds is 0. The van der Waals surface area contributed by atoms with Crippen molar-refractivity contribution in [3.05, 3.63) is 0 Å². The Hall–Kier alpha value is -0.0400. The summed E-state index contributed by atoms with van der Waals surface area (Å²) >= 11 is 0. The molecule has 13 heavy (non-hydrogen) atoms. The molecule has 3 fully saturated rings. The van der Waals surface area contributed by atoms with Crippen LogP contribution in [0.5, 0.6) is 0 Å². The molecule has 3 rings (SSSR count). The van der Waals surface area contributed by atoms with Crippen molar-refractivity contribution >= 4 is 0 Å². The lowest BCUT2D eigenvalue weighted by molar-refractivity contribution is 0.304. The quantitative estimate of drug-likeness (QED) is 0.552. The fraction of sp³-hybridized carbons (Fsp3) is 1.00. The minimum Gasteiger partial charge on any atom is -0.303 e. The first kappa shape index (κ1) is 8.28. The Kier molecular flexibility index (Phi) is 1.47. The van der Waals surface area contributed by atoms with Crippen LogP contribution in [0.4, 0.5) is 0 Å². The van der Waals surface area contributed by atoms with Gasteiger partial charge in [0.25, 0.3) is 0 Å². The van der Waals surface area contributed by atoms with Gasteiger partial charge in [-0.3, -0.25) is 0 Å². The second-order valence-electron chi connectivity index (χ2n) is 5.91. The van der Waals surface area contributed by atoms with Gasteiger partial charge in [-0.1, -0.05) is 12.8 Å². The minimum absolute atomic E-state index is 0.789. The van der Waals surface area contributed by atoms with Crippen LogP contribution in [0.2, 0.25) is 0 Å². The summed E-state index contributed by atoms with van der Waals surface area (Å²) in [6, 6.07) is 0.847. The predicted octanol–water partition coefficient (Wildman–Crippen LogP) is 2.66. The molecule has 0 N–H and O–H groups in total. The summed E-state index contributed by atoms with van der Waals surface area (Å²) in [6.07, 6.45) is 9.18. The molecule has 3 aliphatic rings. The van der Waals surface area contributed by atoms with Gasteiger partial charge in [0.05, 0.1) is 0 Å². The van der Waals surface area contributed by atoms with Crippen LogP contribution in [-0.2, 0) is 0 Å². The van der Waals surface area contributed by atoms with Gasteiger partial charge in [0.1, 0.15) is 0 Å². The summed E-state index contributed by atoms with van der Waals surface area (Å²) in [5.41, 5.74) is 1.63. The maximum absolute atomic E-state index is 2.58. The SMILES string of the molecule is CC1CC2(CN1C)CC21CCCC1. The minimum atomic E-state index is 0.789. The molecule has 2 aliphatic carbocycles. The Labute approximate surface area is 81.5 Å². The molecule has 0 aromatic rings. The van der Waals surface area contributed by atoms with E-state index in [2.05, 4.69) is 18.9 Å². The Bertz CT molecular complexity index is 217. The molecular formula is C12H21N. The average Bonchev–Trinajstić information content (AvgIpc) is 2.48. The smallest absolute Gasteiger partial charge is 0.00700 e. The standard InChI is InChI=1S/C12H21N/c1-10-7-12(9-13(10)2)8-11(12)5-3-4-6-11/h10H,3-9H2,1-2H3. The van der Waals surface area contributed by atoms with E-state index < -0.39 is 0 Å². The maximum Gasteiger partial charge on any atom is 0.00700 e. The fourth-order valence-electron chi connectivity index (χ4n) is 4.29. The lowest BCUT2D eigenvalue weighted by atomic mass is 9.89. The Morgan fingerprint density at radius 2 is 1.85 bits per heavy atom. The van der Waals surface area contributed by atoms with Crippen molar-refractivity contribution in [1.82, 2.24) is 4.90 Å². The predicted molar refractivity (Wildman–Crippen MR) is 54.7 cm³/mol. The molecule has 1 saturated heterocycles. The van der Waals surface area contributed by atoms with Gasteiger partial charge in [-0.2, -0.15) is 0 Å². The van der Waals surface area contributed by atoms with Crippen molar-refractivity contribution in [2.75, 3.05) is 13.6 Å². The summed E-state index contributed by atoms with van der Waals surface area (Å²) in [4.78, 5) is 2.58. The second-order valence-corrected chi connectivity index (χ2v) is 5.91. The van der Waals surface area contributed by atoms with Crippen LogP contribution >= 0.6 is 0 Å². The molecule has 1 heteroatoms. The van der Waals surface area contributed by atoms with Crippen molar-refractivity contribution in [3.63, 3.8) is 0 Å². The second kappa shape index (κ2) is 2.31. The van der Waals surface area contributed by atoms with Crippen molar-refractivity contribution in [1.29, 1.82) is 0 Å². The van der Waals surface area contributed by atoms with E-state index in [0.29, 0.717) is 0 Å². The summed E-state index contributed by atoms with van der Waals surface area (Å²) in [6.45, 7) is 3.80. The first-order valence-electron chi connectivity index (χ1n) is 5.88. The first-order valence-corrected chi connectivity index (χ1v) is 5.88. The lowest BCUT2D eigenvalue weighted by Crippen LogP contribution is -2.22. The molecule has 2 saturated carbocycles. The van der Waals surface area contributed by atoms with Gasteiger partial charge < -0.3 is 4.90 Å². The van der Waals surface area contributed by atoms with E-state index in [-0.39, 0.29) is 0 Å².